The first-order valence-corrected chi connectivity index (χ1v) is 7.36. The van der Waals surface area contributed by atoms with Crippen LogP contribution in [0.25, 0.3) is 0 Å². The third kappa shape index (κ3) is 6.09. The number of unbranched alkanes of at least 4 members (excludes halogenated alkanes) is 5. The average Bonchev–Trinajstić information content (AvgIpc) is 2.31. The second-order valence-corrected chi connectivity index (χ2v) is 5.21. The standard InChI is InChI=1S/C15H30O2/c1-4-7-8-9-10-11-13-15(6-3,12-5-2)14(16)17/h4-13H2,1-3H3,(H,16,17). The molecule has 0 heterocycles. The van der Waals surface area contributed by atoms with Gasteiger partial charge in [-0.15, -0.1) is 0 Å². The first kappa shape index (κ1) is 16.5. The summed E-state index contributed by atoms with van der Waals surface area (Å²) >= 11 is 0. The molecular formula is C15H30O2. The van der Waals surface area contributed by atoms with Crippen molar-refractivity contribution in [2.75, 3.05) is 0 Å². The maximum atomic E-state index is 11.4. The van der Waals surface area contributed by atoms with E-state index in [-0.39, 0.29) is 0 Å². The molecule has 0 saturated heterocycles. The van der Waals surface area contributed by atoms with Gasteiger partial charge >= 0.3 is 5.97 Å². The van der Waals surface area contributed by atoms with Crippen molar-refractivity contribution >= 4 is 5.97 Å². The highest BCUT2D eigenvalue weighted by Crippen LogP contribution is 2.34. The molecule has 0 aliphatic heterocycles. The summed E-state index contributed by atoms with van der Waals surface area (Å²) in [7, 11) is 0. The number of aliphatic carboxylic acids is 1. The summed E-state index contributed by atoms with van der Waals surface area (Å²) in [5.74, 6) is -0.588. The van der Waals surface area contributed by atoms with Crippen LogP contribution in [0.3, 0.4) is 0 Å². The molecule has 0 fully saturated rings. The lowest BCUT2D eigenvalue weighted by atomic mass is 9.76. The fraction of sp³-hybridized carbons (Fsp3) is 0.933. The van der Waals surface area contributed by atoms with E-state index in [9.17, 15) is 9.90 Å². The predicted molar refractivity (Wildman–Crippen MR) is 73.3 cm³/mol. The van der Waals surface area contributed by atoms with E-state index in [1.165, 1.54) is 32.1 Å². The molecule has 102 valence electrons. The molecule has 0 aromatic rings. The fourth-order valence-corrected chi connectivity index (χ4v) is 2.57. The van der Waals surface area contributed by atoms with Crippen LogP contribution in [0, 0.1) is 5.41 Å². The van der Waals surface area contributed by atoms with E-state index in [1.807, 2.05) is 6.92 Å². The van der Waals surface area contributed by atoms with Gasteiger partial charge in [-0.3, -0.25) is 4.79 Å². The molecule has 17 heavy (non-hydrogen) atoms. The summed E-state index contributed by atoms with van der Waals surface area (Å²) in [6.45, 7) is 6.31. The summed E-state index contributed by atoms with van der Waals surface area (Å²) in [5.41, 5.74) is -0.445. The quantitative estimate of drug-likeness (QED) is 0.517. The predicted octanol–water partition coefficient (Wildman–Crippen LogP) is 5.02. The lowest BCUT2D eigenvalue weighted by Crippen LogP contribution is -2.30. The van der Waals surface area contributed by atoms with Crippen molar-refractivity contribution in [2.45, 2.75) is 85.0 Å². The SMILES string of the molecule is CCCCCCCCC(CC)(CCC)C(=O)O. The molecule has 1 N–H and O–H groups in total. The van der Waals surface area contributed by atoms with Crippen molar-refractivity contribution < 1.29 is 9.90 Å². The van der Waals surface area contributed by atoms with Crippen LogP contribution in [0.15, 0.2) is 0 Å². The number of carbonyl (C=O) groups is 1. The molecule has 0 aromatic heterocycles. The molecule has 0 aliphatic carbocycles. The maximum Gasteiger partial charge on any atom is 0.309 e. The highest BCUT2D eigenvalue weighted by Gasteiger charge is 2.34. The van der Waals surface area contributed by atoms with E-state index in [0.29, 0.717) is 0 Å². The molecule has 0 bridgehead atoms. The van der Waals surface area contributed by atoms with Gasteiger partial charge in [-0.1, -0.05) is 65.7 Å². The van der Waals surface area contributed by atoms with E-state index in [4.69, 9.17) is 0 Å². The van der Waals surface area contributed by atoms with Crippen molar-refractivity contribution in [3.8, 4) is 0 Å². The Hall–Kier alpha value is -0.530. The Morgan fingerprint density at radius 1 is 0.882 bits per heavy atom. The van der Waals surface area contributed by atoms with Crippen molar-refractivity contribution in [1.29, 1.82) is 0 Å². The van der Waals surface area contributed by atoms with Crippen LogP contribution < -0.4 is 0 Å². The highest BCUT2D eigenvalue weighted by molar-refractivity contribution is 5.74. The lowest BCUT2D eigenvalue weighted by molar-refractivity contribution is -0.150. The van der Waals surface area contributed by atoms with E-state index in [0.717, 1.165) is 32.1 Å². The van der Waals surface area contributed by atoms with Crippen LogP contribution in [0.1, 0.15) is 85.0 Å². The van der Waals surface area contributed by atoms with Crippen LogP contribution in [0.5, 0.6) is 0 Å². The Morgan fingerprint density at radius 2 is 1.47 bits per heavy atom. The minimum Gasteiger partial charge on any atom is -0.481 e. The minimum absolute atomic E-state index is 0.445. The Kier molecular flexibility index (Phi) is 9.20. The number of carboxylic acids is 1. The van der Waals surface area contributed by atoms with Crippen molar-refractivity contribution in [2.24, 2.45) is 5.41 Å². The zero-order chi connectivity index (χ0) is 13.1. The van der Waals surface area contributed by atoms with E-state index in [1.54, 1.807) is 0 Å². The molecule has 0 aromatic carbocycles. The summed E-state index contributed by atoms with van der Waals surface area (Å²) < 4.78 is 0. The minimum atomic E-state index is -0.588. The largest absolute Gasteiger partial charge is 0.481 e. The number of carboxylic acid groups (broad SMARTS) is 1. The summed E-state index contributed by atoms with van der Waals surface area (Å²) in [6.07, 6.45) is 10.8. The maximum absolute atomic E-state index is 11.4. The molecule has 1 unspecified atom stereocenters. The molecule has 0 rings (SSSR count). The Balaban J connectivity index is 3.95. The molecule has 0 saturated carbocycles. The van der Waals surface area contributed by atoms with E-state index < -0.39 is 11.4 Å². The Bertz CT molecular complexity index is 201. The zero-order valence-corrected chi connectivity index (χ0v) is 11.9. The van der Waals surface area contributed by atoms with Crippen molar-refractivity contribution in [1.82, 2.24) is 0 Å². The van der Waals surface area contributed by atoms with Gasteiger partial charge in [0.2, 0.25) is 0 Å². The average molecular weight is 242 g/mol. The van der Waals surface area contributed by atoms with Crippen LogP contribution in [-0.2, 0) is 4.79 Å². The Morgan fingerprint density at radius 3 is 1.94 bits per heavy atom. The van der Waals surface area contributed by atoms with Gasteiger partial charge in [0.1, 0.15) is 0 Å². The van der Waals surface area contributed by atoms with Gasteiger partial charge in [-0.25, -0.2) is 0 Å². The number of rotatable bonds is 11. The molecular weight excluding hydrogens is 212 g/mol. The molecule has 0 amide bonds. The second kappa shape index (κ2) is 9.49. The highest BCUT2D eigenvalue weighted by atomic mass is 16.4. The van der Waals surface area contributed by atoms with Crippen LogP contribution >= 0.6 is 0 Å². The lowest BCUT2D eigenvalue weighted by Gasteiger charge is -2.27. The van der Waals surface area contributed by atoms with Gasteiger partial charge in [0.15, 0.2) is 0 Å². The van der Waals surface area contributed by atoms with Crippen LogP contribution in [-0.4, -0.2) is 11.1 Å². The van der Waals surface area contributed by atoms with E-state index in [2.05, 4.69) is 13.8 Å². The molecule has 2 nitrogen and oxygen atoms in total. The summed E-state index contributed by atoms with van der Waals surface area (Å²) in [4.78, 5) is 11.4. The van der Waals surface area contributed by atoms with Gasteiger partial charge in [-0.2, -0.15) is 0 Å². The molecule has 0 radical (unpaired) electrons. The van der Waals surface area contributed by atoms with Crippen LogP contribution in [0.2, 0.25) is 0 Å². The van der Waals surface area contributed by atoms with Gasteiger partial charge in [0, 0.05) is 0 Å². The van der Waals surface area contributed by atoms with Gasteiger partial charge in [-0.05, 0) is 19.3 Å². The topological polar surface area (TPSA) is 37.3 Å². The molecule has 0 aliphatic rings. The monoisotopic (exact) mass is 242 g/mol. The molecule has 2 heteroatoms. The van der Waals surface area contributed by atoms with Crippen molar-refractivity contribution in [3.63, 3.8) is 0 Å². The molecule has 0 spiro atoms. The Labute approximate surface area is 107 Å². The zero-order valence-electron chi connectivity index (χ0n) is 11.9. The van der Waals surface area contributed by atoms with Crippen molar-refractivity contribution in [3.05, 3.63) is 0 Å². The summed E-state index contributed by atoms with van der Waals surface area (Å²) in [5, 5.41) is 9.40. The van der Waals surface area contributed by atoms with Gasteiger partial charge in [0.05, 0.1) is 5.41 Å². The van der Waals surface area contributed by atoms with Gasteiger partial charge in [0.25, 0.3) is 0 Å². The van der Waals surface area contributed by atoms with E-state index >= 15 is 0 Å². The first-order chi connectivity index (χ1) is 8.13. The molecule has 1 atom stereocenters. The van der Waals surface area contributed by atoms with Crippen LogP contribution in [0.4, 0.5) is 0 Å². The van der Waals surface area contributed by atoms with Gasteiger partial charge < -0.3 is 5.11 Å². The number of hydrogen-bond acceptors (Lipinski definition) is 1. The fourth-order valence-electron chi connectivity index (χ4n) is 2.57. The second-order valence-electron chi connectivity index (χ2n) is 5.21. The third-order valence-corrected chi connectivity index (χ3v) is 3.87. The first-order valence-electron chi connectivity index (χ1n) is 7.36. The normalized spacial score (nSPS) is 14.5. The summed E-state index contributed by atoms with van der Waals surface area (Å²) in [6, 6.07) is 0. The number of hydrogen-bond donors (Lipinski definition) is 1. The third-order valence-electron chi connectivity index (χ3n) is 3.87. The smallest absolute Gasteiger partial charge is 0.309 e.